The van der Waals surface area contributed by atoms with Crippen molar-refractivity contribution < 1.29 is 64.4 Å². The van der Waals surface area contributed by atoms with Crippen molar-refractivity contribution >= 4 is 23.8 Å². The molecule has 14 nitrogen and oxygen atoms in total. The summed E-state index contributed by atoms with van der Waals surface area (Å²) in [5, 5.41) is 73.3. The minimum absolute atomic E-state index is 0. The summed E-state index contributed by atoms with van der Waals surface area (Å²) in [4.78, 5) is 48.3. The molecule has 0 aromatic carbocycles. The van der Waals surface area contributed by atoms with Crippen molar-refractivity contribution in [1.82, 2.24) is 5.32 Å². The standard InChI is InChI=1S/C28H47NO6.C24H38O7.CH4/c1-6-8-13-29-25(33)17-22(32)15-20(30)11-12-23-18(3)9-10-19-14-21(31)16-24(26(19)23)35-27(34)28(4,5)7-2;1-5-24(3,4)23(30)31-20-12-17(26)10-15-7-6-14(2)19(22(15)20)9-8-16(25)11-18(27)13-21(28)29;/h9-10,14,18,20-24,26,30-32H,6-8,11-13,15-17H2,1-5H3,(H,29,33);6-7,10,14,16-20,22,25-27H,5,8-9,11-13H2,1-4H3,(H,28,29);1H4/t18-,20+,21-,22+,23-,24-,26-;14-,16+,17-,18+,19-,20-,22-;/m00./s1. The maximum Gasteiger partial charge on any atom is 0.311 e. The van der Waals surface area contributed by atoms with Crippen LogP contribution in [0, 0.1) is 46.3 Å². The Morgan fingerprint density at radius 1 is 0.687 bits per heavy atom. The molecule has 0 spiro atoms. The summed E-state index contributed by atoms with van der Waals surface area (Å²) in [6, 6.07) is 0. The molecule has 14 atom stereocenters. The molecule has 0 aliphatic heterocycles. The minimum Gasteiger partial charge on any atom is -0.481 e. The Hall–Kier alpha value is -3.40. The molecule has 67 heavy (non-hydrogen) atoms. The number of nitrogens with one attached hydrogen (secondary N) is 1. The lowest BCUT2D eigenvalue weighted by Crippen LogP contribution is -2.44. The SMILES string of the molecule is C.CCC(C)(C)C(=O)O[C@H]1C[C@@H](O)C=C2C=C[C@H](C)[C@H](CC[C@@H](O)C[C@@H](O)CC(=O)O)[C@H]21.CCCCNC(=O)C[C@H](O)C[C@H](O)CC[C@@H]1[C@@H]2C(=C[C@H](O)C[C@@H]2OC(=O)C(C)(C)CC)C=C[C@@H]1C. The Bertz CT molecular complexity index is 1700. The van der Waals surface area contributed by atoms with E-state index in [1.165, 1.54) is 0 Å². The predicted molar refractivity (Wildman–Crippen MR) is 259 cm³/mol. The van der Waals surface area contributed by atoms with Crippen LogP contribution in [0.3, 0.4) is 0 Å². The van der Waals surface area contributed by atoms with E-state index in [0.717, 1.165) is 24.0 Å². The highest BCUT2D eigenvalue weighted by molar-refractivity contribution is 5.77. The highest BCUT2D eigenvalue weighted by atomic mass is 16.6. The summed E-state index contributed by atoms with van der Waals surface area (Å²) in [6.45, 7) is 18.2. The van der Waals surface area contributed by atoms with E-state index >= 15 is 0 Å². The van der Waals surface area contributed by atoms with Gasteiger partial charge in [-0.2, -0.15) is 0 Å². The third kappa shape index (κ3) is 18.5. The quantitative estimate of drug-likeness (QED) is 0.0376. The Labute approximate surface area is 401 Å². The highest BCUT2D eigenvalue weighted by Gasteiger charge is 2.45. The molecule has 0 saturated heterocycles. The zero-order chi connectivity index (χ0) is 49.5. The molecule has 1 amide bonds. The van der Waals surface area contributed by atoms with Crippen LogP contribution in [0.25, 0.3) is 0 Å². The van der Waals surface area contributed by atoms with Gasteiger partial charge in [-0.05, 0) is 120 Å². The van der Waals surface area contributed by atoms with E-state index in [0.29, 0.717) is 57.9 Å². The van der Waals surface area contributed by atoms with Gasteiger partial charge in [-0.15, -0.1) is 0 Å². The number of fused-ring (bicyclic) bond motifs is 2. The maximum absolute atomic E-state index is 12.9. The van der Waals surface area contributed by atoms with Crippen LogP contribution in [0.1, 0.15) is 160 Å². The fourth-order valence-electron chi connectivity index (χ4n) is 9.55. The number of hydrogen-bond acceptors (Lipinski definition) is 12. The maximum atomic E-state index is 12.9. The lowest BCUT2D eigenvalue weighted by molar-refractivity contribution is -0.166. The molecule has 0 heterocycles. The van der Waals surface area contributed by atoms with Gasteiger partial charge in [-0.3, -0.25) is 19.2 Å². The van der Waals surface area contributed by atoms with Crippen molar-refractivity contribution in [3.05, 3.63) is 47.6 Å². The summed E-state index contributed by atoms with van der Waals surface area (Å²) in [5.41, 5.74) is 0.744. The second-order valence-electron chi connectivity index (χ2n) is 20.9. The average molecular weight is 948 g/mol. The van der Waals surface area contributed by atoms with Crippen molar-refractivity contribution in [2.24, 2.45) is 46.3 Å². The van der Waals surface area contributed by atoms with Crippen LogP contribution >= 0.6 is 0 Å². The summed E-state index contributed by atoms with van der Waals surface area (Å²) < 4.78 is 11.9. The fourth-order valence-corrected chi connectivity index (χ4v) is 9.55. The van der Waals surface area contributed by atoms with Crippen molar-refractivity contribution in [2.45, 2.75) is 208 Å². The summed E-state index contributed by atoms with van der Waals surface area (Å²) >= 11 is 0. The van der Waals surface area contributed by atoms with Gasteiger partial charge >= 0.3 is 17.9 Å². The minimum atomic E-state index is -1.10. The molecule has 0 saturated carbocycles. The molecular weight excluding hydrogens is 859 g/mol. The number of carbonyl (C=O) groups excluding carboxylic acids is 3. The first-order valence-electron chi connectivity index (χ1n) is 24.7. The zero-order valence-corrected chi connectivity index (χ0v) is 41.2. The second-order valence-corrected chi connectivity index (χ2v) is 20.9. The molecule has 0 radical (unpaired) electrons. The van der Waals surface area contributed by atoms with Gasteiger partial charge in [0.1, 0.15) is 12.2 Å². The monoisotopic (exact) mass is 948 g/mol. The number of unbranched alkanes of at least 4 members (excludes halogenated alkanes) is 1. The van der Waals surface area contributed by atoms with Crippen LogP contribution < -0.4 is 5.32 Å². The Balaban J connectivity index is 0.000000456. The van der Waals surface area contributed by atoms with Gasteiger partial charge in [0.25, 0.3) is 0 Å². The number of aliphatic hydroxyl groups excluding tert-OH is 6. The van der Waals surface area contributed by atoms with E-state index in [1.54, 1.807) is 0 Å². The normalized spacial score (nSPS) is 28.6. The molecule has 384 valence electrons. The lowest BCUT2D eigenvalue weighted by Gasteiger charge is -2.43. The van der Waals surface area contributed by atoms with Gasteiger partial charge in [0.15, 0.2) is 0 Å². The van der Waals surface area contributed by atoms with Crippen molar-refractivity contribution in [1.29, 1.82) is 0 Å². The first-order valence-corrected chi connectivity index (χ1v) is 24.7. The molecule has 14 heteroatoms. The van der Waals surface area contributed by atoms with Crippen LogP contribution in [-0.4, -0.2) is 115 Å². The highest BCUT2D eigenvalue weighted by Crippen LogP contribution is 2.46. The number of amides is 1. The number of esters is 2. The Morgan fingerprint density at radius 3 is 1.46 bits per heavy atom. The van der Waals surface area contributed by atoms with Crippen LogP contribution in [0.15, 0.2) is 47.6 Å². The number of carbonyl (C=O) groups is 4. The van der Waals surface area contributed by atoms with Gasteiger partial charge in [0.2, 0.25) is 5.91 Å². The number of hydrogen-bond donors (Lipinski definition) is 8. The van der Waals surface area contributed by atoms with Gasteiger partial charge in [0, 0.05) is 31.2 Å². The first-order chi connectivity index (χ1) is 30.9. The number of rotatable bonds is 23. The summed E-state index contributed by atoms with van der Waals surface area (Å²) in [5.74, 6) is -1.30. The van der Waals surface area contributed by atoms with E-state index < -0.39 is 72.1 Å². The topological polar surface area (TPSA) is 240 Å². The Morgan fingerprint density at radius 2 is 1.09 bits per heavy atom. The van der Waals surface area contributed by atoms with E-state index in [-0.39, 0.29) is 80.0 Å². The molecule has 4 aliphatic carbocycles. The Kier molecular flexibility index (Phi) is 24.7. The molecule has 0 fully saturated rings. The molecule has 4 rings (SSSR count). The molecule has 0 aromatic rings. The van der Waals surface area contributed by atoms with E-state index in [2.05, 4.69) is 31.3 Å². The summed E-state index contributed by atoms with van der Waals surface area (Å²) in [6.07, 6.45) is 12.1. The van der Waals surface area contributed by atoms with Crippen LogP contribution in [0.5, 0.6) is 0 Å². The molecular formula is C53H89NO13. The van der Waals surface area contributed by atoms with Gasteiger partial charge in [0.05, 0.1) is 60.3 Å². The van der Waals surface area contributed by atoms with Crippen molar-refractivity contribution in [3.8, 4) is 0 Å². The third-order valence-corrected chi connectivity index (χ3v) is 14.6. The molecule has 4 aliphatic rings. The van der Waals surface area contributed by atoms with Gasteiger partial charge < -0.3 is 50.5 Å². The van der Waals surface area contributed by atoms with Crippen LogP contribution in [0.2, 0.25) is 0 Å². The molecule has 8 N–H and O–H groups in total. The third-order valence-electron chi connectivity index (χ3n) is 14.6. The van der Waals surface area contributed by atoms with Crippen molar-refractivity contribution in [3.63, 3.8) is 0 Å². The number of carboxylic acid groups (broad SMARTS) is 1. The van der Waals surface area contributed by atoms with Gasteiger partial charge in [-0.25, -0.2) is 0 Å². The first kappa shape index (κ1) is 59.7. The lowest BCUT2D eigenvalue weighted by atomic mass is 9.66. The number of aliphatic carboxylic acids is 1. The number of ether oxygens (including phenoxy) is 2. The number of aliphatic hydroxyl groups is 6. The summed E-state index contributed by atoms with van der Waals surface area (Å²) in [7, 11) is 0. The fraction of sp³-hybridized carbons (Fsp3) is 0.774. The second kappa shape index (κ2) is 27.7. The smallest absolute Gasteiger partial charge is 0.311 e. The molecule has 0 bridgehead atoms. The van der Waals surface area contributed by atoms with E-state index in [9.17, 15) is 49.8 Å². The van der Waals surface area contributed by atoms with E-state index in [4.69, 9.17) is 14.6 Å². The van der Waals surface area contributed by atoms with E-state index in [1.807, 2.05) is 72.8 Å². The van der Waals surface area contributed by atoms with Gasteiger partial charge in [-0.1, -0.05) is 84.9 Å². The zero-order valence-electron chi connectivity index (χ0n) is 41.2. The molecule has 0 unspecified atom stereocenters. The average Bonchev–Trinajstić information content (AvgIpc) is 3.22. The van der Waals surface area contributed by atoms with Crippen molar-refractivity contribution in [2.75, 3.05) is 6.54 Å². The largest absolute Gasteiger partial charge is 0.481 e. The number of carboxylic acids is 1. The molecule has 0 aromatic heterocycles. The predicted octanol–water partition coefficient (Wildman–Crippen LogP) is 7.13. The van der Waals surface area contributed by atoms with Crippen LogP contribution in [-0.2, 0) is 28.7 Å². The van der Waals surface area contributed by atoms with Crippen LogP contribution in [0.4, 0.5) is 0 Å². The number of allylic oxidation sites excluding steroid dienone is 4.